The van der Waals surface area contributed by atoms with E-state index in [-0.39, 0.29) is 6.04 Å². The van der Waals surface area contributed by atoms with Crippen LogP contribution < -0.4 is 15.0 Å². The van der Waals surface area contributed by atoms with Gasteiger partial charge >= 0.3 is 0 Å². The van der Waals surface area contributed by atoms with Gasteiger partial charge in [0, 0.05) is 30.4 Å². The van der Waals surface area contributed by atoms with Crippen LogP contribution in [0.15, 0.2) is 18.2 Å². The Bertz CT molecular complexity index is 348. The second-order valence-corrected chi connectivity index (χ2v) is 4.08. The Kier molecular flexibility index (Phi) is 5.29. The van der Waals surface area contributed by atoms with Gasteiger partial charge in [0.15, 0.2) is 0 Å². The van der Waals surface area contributed by atoms with Crippen molar-refractivity contribution in [3.8, 4) is 5.75 Å². The summed E-state index contributed by atoms with van der Waals surface area (Å²) in [4.78, 5) is 2.35. The van der Waals surface area contributed by atoms with Crippen molar-refractivity contribution in [2.45, 2.75) is 26.8 Å². The Balaban J connectivity index is 3.27. The van der Waals surface area contributed by atoms with Gasteiger partial charge in [0.1, 0.15) is 5.75 Å². The molecule has 0 saturated heterocycles. The molecule has 0 amide bonds. The number of benzene rings is 1. The SMILES string of the molecule is CCN(CC)c1cccc(OC)c1C(C)NC. The molecule has 1 N–H and O–H groups in total. The van der Waals surface area contributed by atoms with Crippen LogP contribution in [0.25, 0.3) is 0 Å². The molecule has 3 nitrogen and oxygen atoms in total. The van der Waals surface area contributed by atoms with Crippen LogP contribution >= 0.6 is 0 Å². The number of nitrogens with zero attached hydrogens (tertiary/aromatic N) is 1. The van der Waals surface area contributed by atoms with Gasteiger partial charge in [-0.2, -0.15) is 0 Å². The third-order valence-corrected chi connectivity index (χ3v) is 3.23. The fraction of sp³-hybridized carbons (Fsp3) is 0.571. The van der Waals surface area contributed by atoms with Gasteiger partial charge in [0.25, 0.3) is 0 Å². The van der Waals surface area contributed by atoms with Gasteiger partial charge in [-0.15, -0.1) is 0 Å². The summed E-state index contributed by atoms with van der Waals surface area (Å²) < 4.78 is 5.48. The van der Waals surface area contributed by atoms with E-state index in [0.29, 0.717) is 0 Å². The van der Waals surface area contributed by atoms with E-state index in [2.05, 4.69) is 43.1 Å². The molecule has 1 rings (SSSR count). The lowest BCUT2D eigenvalue weighted by Gasteiger charge is -2.27. The molecule has 1 unspecified atom stereocenters. The van der Waals surface area contributed by atoms with Gasteiger partial charge in [0.2, 0.25) is 0 Å². The minimum atomic E-state index is 0.279. The van der Waals surface area contributed by atoms with E-state index in [1.165, 1.54) is 11.3 Å². The van der Waals surface area contributed by atoms with Gasteiger partial charge in [-0.05, 0) is 40.0 Å². The van der Waals surface area contributed by atoms with E-state index in [4.69, 9.17) is 4.74 Å². The van der Waals surface area contributed by atoms with Crippen molar-refractivity contribution in [1.82, 2.24) is 5.32 Å². The van der Waals surface area contributed by atoms with Gasteiger partial charge < -0.3 is 15.0 Å². The molecule has 96 valence electrons. The average Bonchev–Trinajstić information content (AvgIpc) is 2.39. The Hall–Kier alpha value is -1.22. The first kappa shape index (κ1) is 13.8. The largest absolute Gasteiger partial charge is 0.496 e. The molecule has 0 spiro atoms. The molecular weight excluding hydrogens is 212 g/mol. The number of rotatable bonds is 6. The molecule has 1 aromatic rings. The highest BCUT2D eigenvalue weighted by Gasteiger charge is 2.17. The number of nitrogens with one attached hydrogen (secondary N) is 1. The van der Waals surface area contributed by atoms with Crippen molar-refractivity contribution in [2.75, 3.05) is 32.1 Å². The normalized spacial score (nSPS) is 12.3. The van der Waals surface area contributed by atoms with Gasteiger partial charge in [-0.25, -0.2) is 0 Å². The van der Waals surface area contributed by atoms with Crippen LogP contribution in [0.3, 0.4) is 0 Å². The van der Waals surface area contributed by atoms with Crippen LogP contribution in [0.1, 0.15) is 32.4 Å². The predicted molar refractivity (Wildman–Crippen MR) is 74.0 cm³/mol. The van der Waals surface area contributed by atoms with Crippen molar-refractivity contribution in [3.63, 3.8) is 0 Å². The Labute approximate surface area is 105 Å². The number of hydrogen-bond acceptors (Lipinski definition) is 3. The van der Waals surface area contributed by atoms with Crippen molar-refractivity contribution < 1.29 is 4.74 Å². The first-order valence-electron chi connectivity index (χ1n) is 6.28. The van der Waals surface area contributed by atoms with E-state index in [1.807, 2.05) is 13.1 Å². The van der Waals surface area contributed by atoms with E-state index in [9.17, 15) is 0 Å². The van der Waals surface area contributed by atoms with Crippen LogP contribution in [0, 0.1) is 0 Å². The molecule has 3 heteroatoms. The highest BCUT2D eigenvalue weighted by atomic mass is 16.5. The first-order chi connectivity index (χ1) is 8.19. The van der Waals surface area contributed by atoms with E-state index < -0.39 is 0 Å². The lowest BCUT2D eigenvalue weighted by Crippen LogP contribution is -2.25. The first-order valence-corrected chi connectivity index (χ1v) is 6.28. The van der Waals surface area contributed by atoms with E-state index in [0.717, 1.165) is 18.8 Å². The number of methoxy groups -OCH3 is 1. The molecule has 1 atom stereocenters. The maximum absolute atomic E-state index is 5.48. The van der Waals surface area contributed by atoms with Crippen molar-refractivity contribution in [1.29, 1.82) is 0 Å². The molecule has 0 aliphatic heterocycles. The van der Waals surface area contributed by atoms with Crippen molar-refractivity contribution >= 4 is 5.69 Å². The predicted octanol–water partition coefficient (Wildman–Crippen LogP) is 2.82. The fourth-order valence-corrected chi connectivity index (χ4v) is 2.13. The highest BCUT2D eigenvalue weighted by molar-refractivity contribution is 5.60. The zero-order valence-corrected chi connectivity index (χ0v) is 11.6. The van der Waals surface area contributed by atoms with E-state index >= 15 is 0 Å². The van der Waals surface area contributed by atoms with Crippen LogP contribution in [0.5, 0.6) is 5.75 Å². The van der Waals surface area contributed by atoms with Crippen LogP contribution in [0.4, 0.5) is 5.69 Å². The second-order valence-electron chi connectivity index (χ2n) is 4.08. The monoisotopic (exact) mass is 236 g/mol. The lowest BCUT2D eigenvalue weighted by molar-refractivity contribution is 0.404. The van der Waals surface area contributed by atoms with Crippen molar-refractivity contribution in [3.05, 3.63) is 23.8 Å². The third-order valence-electron chi connectivity index (χ3n) is 3.23. The summed E-state index contributed by atoms with van der Waals surface area (Å²) in [7, 11) is 3.70. The number of anilines is 1. The summed E-state index contributed by atoms with van der Waals surface area (Å²) in [5.41, 5.74) is 2.50. The molecule has 0 aliphatic carbocycles. The fourth-order valence-electron chi connectivity index (χ4n) is 2.13. The van der Waals surface area contributed by atoms with E-state index in [1.54, 1.807) is 7.11 Å². The average molecular weight is 236 g/mol. The summed E-state index contributed by atoms with van der Waals surface area (Å²) >= 11 is 0. The Morgan fingerprint density at radius 3 is 2.41 bits per heavy atom. The Morgan fingerprint density at radius 1 is 1.29 bits per heavy atom. The van der Waals surface area contributed by atoms with Gasteiger partial charge in [0.05, 0.1) is 7.11 Å². The number of ether oxygens (including phenoxy) is 1. The van der Waals surface area contributed by atoms with Crippen molar-refractivity contribution in [2.24, 2.45) is 0 Å². The third kappa shape index (κ3) is 2.91. The lowest BCUT2D eigenvalue weighted by atomic mass is 10.0. The van der Waals surface area contributed by atoms with Gasteiger partial charge in [-0.1, -0.05) is 6.07 Å². The molecule has 0 fully saturated rings. The second kappa shape index (κ2) is 6.50. The summed E-state index contributed by atoms with van der Waals surface area (Å²) in [6.07, 6.45) is 0. The minimum absolute atomic E-state index is 0.279. The summed E-state index contributed by atoms with van der Waals surface area (Å²) in [6.45, 7) is 8.53. The molecule has 17 heavy (non-hydrogen) atoms. The molecule has 1 aromatic carbocycles. The van der Waals surface area contributed by atoms with Crippen LogP contribution in [-0.4, -0.2) is 27.2 Å². The maximum Gasteiger partial charge on any atom is 0.125 e. The molecule has 0 saturated carbocycles. The summed E-state index contributed by atoms with van der Waals surface area (Å²) in [5, 5.41) is 3.29. The maximum atomic E-state index is 5.48. The topological polar surface area (TPSA) is 24.5 Å². The van der Waals surface area contributed by atoms with Gasteiger partial charge in [-0.3, -0.25) is 0 Å². The molecule has 0 aromatic heterocycles. The molecule has 0 bridgehead atoms. The standard InChI is InChI=1S/C14H24N2O/c1-6-16(7-2)12-9-8-10-13(17-5)14(12)11(3)15-4/h8-11,15H,6-7H2,1-5H3. The zero-order chi connectivity index (χ0) is 12.8. The summed E-state index contributed by atoms with van der Waals surface area (Å²) in [6, 6.07) is 6.52. The zero-order valence-electron chi connectivity index (χ0n) is 11.6. The molecule has 0 radical (unpaired) electrons. The summed E-state index contributed by atoms with van der Waals surface area (Å²) in [5.74, 6) is 0.955. The molecular formula is C14H24N2O. The smallest absolute Gasteiger partial charge is 0.125 e. The molecule has 0 aliphatic rings. The highest BCUT2D eigenvalue weighted by Crippen LogP contribution is 2.34. The molecule has 0 heterocycles. The van der Waals surface area contributed by atoms with Crippen LogP contribution in [0.2, 0.25) is 0 Å². The Morgan fingerprint density at radius 2 is 1.94 bits per heavy atom. The minimum Gasteiger partial charge on any atom is -0.496 e. The quantitative estimate of drug-likeness (QED) is 0.822. The number of hydrogen-bond donors (Lipinski definition) is 1. The van der Waals surface area contributed by atoms with Crippen LogP contribution in [-0.2, 0) is 0 Å².